The zero-order valence-corrected chi connectivity index (χ0v) is 14.3. The van der Waals surface area contributed by atoms with E-state index in [4.69, 9.17) is 4.74 Å². The molecule has 1 aromatic carbocycles. The van der Waals surface area contributed by atoms with Crippen LogP contribution in [0.1, 0.15) is 40.2 Å². The number of amides is 1. The van der Waals surface area contributed by atoms with Gasteiger partial charge in [-0.25, -0.2) is 0 Å². The van der Waals surface area contributed by atoms with Crippen LogP contribution < -0.4 is 10.1 Å². The molecule has 0 saturated heterocycles. The van der Waals surface area contributed by atoms with Gasteiger partial charge in [0.1, 0.15) is 5.75 Å². The van der Waals surface area contributed by atoms with Gasteiger partial charge in [0, 0.05) is 34.5 Å². The third-order valence-corrected chi connectivity index (χ3v) is 3.99. The lowest BCUT2D eigenvalue weighted by atomic mass is 9.83. The number of rotatable bonds is 4. The smallest absolute Gasteiger partial charge is 0.225 e. The Hall–Kier alpha value is -1.97. The fourth-order valence-corrected chi connectivity index (χ4v) is 2.45. The fraction of sp³-hybridized carbons (Fsp3) is 0.500. The largest absolute Gasteiger partial charge is 0.497 e. The van der Waals surface area contributed by atoms with Crippen molar-refractivity contribution in [2.24, 2.45) is 5.41 Å². The number of aromatic nitrogens is 1. The summed E-state index contributed by atoms with van der Waals surface area (Å²) in [5.74, 6) is 0.904. The Morgan fingerprint density at radius 1 is 1.23 bits per heavy atom. The first-order chi connectivity index (χ1) is 10.1. The second-order valence-corrected chi connectivity index (χ2v) is 7.43. The second kappa shape index (κ2) is 5.67. The monoisotopic (exact) mass is 302 g/mol. The van der Waals surface area contributed by atoms with Crippen LogP contribution >= 0.6 is 0 Å². The van der Waals surface area contributed by atoms with E-state index in [2.05, 4.69) is 24.1 Å². The number of ether oxygens (including phenoxy) is 1. The summed E-state index contributed by atoms with van der Waals surface area (Å²) in [5.41, 5.74) is 1.70. The Labute approximate surface area is 132 Å². The minimum absolute atomic E-state index is 0.0676. The molecule has 2 N–H and O–H groups in total. The molecular formula is C18H26N2O2. The van der Waals surface area contributed by atoms with E-state index in [1.807, 2.05) is 45.2 Å². The summed E-state index contributed by atoms with van der Waals surface area (Å²) in [4.78, 5) is 15.4. The van der Waals surface area contributed by atoms with E-state index in [0.29, 0.717) is 6.54 Å². The zero-order chi connectivity index (χ0) is 16.5. The molecule has 0 saturated carbocycles. The number of aromatic amines is 1. The van der Waals surface area contributed by atoms with Gasteiger partial charge in [-0.2, -0.15) is 0 Å². The SMILES string of the molecule is COc1ccc2[nH]cc(C(C)(C)CNC(=O)C(C)(C)C)c2c1. The van der Waals surface area contributed by atoms with Gasteiger partial charge >= 0.3 is 0 Å². The quantitative estimate of drug-likeness (QED) is 0.906. The molecule has 1 heterocycles. The number of fused-ring (bicyclic) bond motifs is 1. The molecule has 1 amide bonds. The van der Waals surface area contributed by atoms with Crippen LogP contribution in [0.25, 0.3) is 10.9 Å². The van der Waals surface area contributed by atoms with E-state index in [9.17, 15) is 4.79 Å². The summed E-state index contributed by atoms with van der Waals surface area (Å²) in [6, 6.07) is 5.99. The molecule has 0 bridgehead atoms. The van der Waals surface area contributed by atoms with Crippen LogP contribution in [0.2, 0.25) is 0 Å². The Bertz CT molecular complexity index is 678. The molecule has 1 aromatic heterocycles. The first kappa shape index (κ1) is 16.4. The Balaban J connectivity index is 2.27. The van der Waals surface area contributed by atoms with Gasteiger partial charge in [-0.15, -0.1) is 0 Å². The third-order valence-electron chi connectivity index (χ3n) is 3.99. The summed E-state index contributed by atoms with van der Waals surface area (Å²) < 4.78 is 5.32. The van der Waals surface area contributed by atoms with Crippen molar-refractivity contribution in [1.82, 2.24) is 10.3 Å². The molecule has 0 aliphatic rings. The van der Waals surface area contributed by atoms with Gasteiger partial charge in [-0.1, -0.05) is 34.6 Å². The number of hydrogen-bond donors (Lipinski definition) is 2. The highest BCUT2D eigenvalue weighted by Gasteiger charge is 2.28. The molecular weight excluding hydrogens is 276 g/mol. The van der Waals surface area contributed by atoms with Crippen molar-refractivity contribution in [1.29, 1.82) is 0 Å². The molecule has 4 nitrogen and oxygen atoms in total. The summed E-state index contributed by atoms with van der Waals surface area (Å²) in [7, 11) is 1.67. The van der Waals surface area contributed by atoms with Crippen LogP contribution in [0, 0.1) is 5.41 Å². The summed E-state index contributed by atoms with van der Waals surface area (Å²) in [5, 5.41) is 4.19. The molecule has 0 unspecified atom stereocenters. The normalized spacial score (nSPS) is 12.5. The molecule has 4 heteroatoms. The Morgan fingerprint density at radius 2 is 1.91 bits per heavy atom. The van der Waals surface area contributed by atoms with Crippen molar-refractivity contribution in [2.45, 2.75) is 40.0 Å². The Morgan fingerprint density at radius 3 is 2.50 bits per heavy atom. The van der Waals surface area contributed by atoms with Crippen LogP contribution in [0.3, 0.4) is 0 Å². The van der Waals surface area contributed by atoms with Crippen LogP contribution in [-0.2, 0) is 10.2 Å². The van der Waals surface area contributed by atoms with Gasteiger partial charge in [0.15, 0.2) is 0 Å². The van der Waals surface area contributed by atoms with Crippen LogP contribution in [0.5, 0.6) is 5.75 Å². The summed E-state index contributed by atoms with van der Waals surface area (Å²) in [6.07, 6.45) is 2.02. The number of H-pyrrole nitrogens is 1. The van der Waals surface area contributed by atoms with E-state index < -0.39 is 0 Å². The first-order valence-corrected chi connectivity index (χ1v) is 7.59. The lowest BCUT2D eigenvalue weighted by Crippen LogP contribution is -2.41. The molecule has 0 atom stereocenters. The molecule has 0 aliphatic heterocycles. The number of benzene rings is 1. The van der Waals surface area contributed by atoms with Crippen molar-refractivity contribution in [3.63, 3.8) is 0 Å². The highest BCUT2D eigenvalue weighted by molar-refractivity contribution is 5.86. The molecule has 120 valence electrons. The third kappa shape index (κ3) is 3.26. The number of methoxy groups -OCH3 is 1. The lowest BCUT2D eigenvalue weighted by molar-refractivity contribution is -0.128. The number of carbonyl (C=O) groups excluding carboxylic acids is 1. The van der Waals surface area contributed by atoms with Gasteiger partial charge in [0.2, 0.25) is 5.91 Å². The van der Waals surface area contributed by atoms with Gasteiger partial charge in [0.05, 0.1) is 7.11 Å². The summed E-state index contributed by atoms with van der Waals surface area (Å²) in [6.45, 7) is 10.6. The van der Waals surface area contributed by atoms with Crippen molar-refractivity contribution < 1.29 is 9.53 Å². The highest BCUT2D eigenvalue weighted by Crippen LogP contribution is 2.32. The topological polar surface area (TPSA) is 54.1 Å². The lowest BCUT2D eigenvalue weighted by Gasteiger charge is -2.27. The molecule has 0 spiro atoms. The average molecular weight is 302 g/mol. The second-order valence-electron chi connectivity index (χ2n) is 7.43. The standard InChI is InChI=1S/C18H26N2O2/c1-17(2,3)16(21)20-11-18(4,5)14-10-19-15-8-7-12(22-6)9-13(14)15/h7-10,19H,11H2,1-6H3,(H,20,21). The number of hydrogen-bond acceptors (Lipinski definition) is 2. The molecule has 2 rings (SSSR count). The average Bonchev–Trinajstić information content (AvgIpc) is 2.87. The van der Waals surface area contributed by atoms with Gasteiger partial charge in [0.25, 0.3) is 0 Å². The van der Waals surface area contributed by atoms with Crippen molar-refractivity contribution in [3.8, 4) is 5.75 Å². The minimum atomic E-state index is -0.375. The summed E-state index contributed by atoms with van der Waals surface area (Å²) >= 11 is 0. The molecule has 0 fully saturated rings. The molecule has 0 radical (unpaired) electrons. The predicted octanol–water partition coefficient (Wildman–Crippen LogP) is 3.62. The molecule has 0 aliphatic carbocycles. The van der Waals surface area contributed by atoms with Gasteiger partial charge in [-0.05, 0) is 23.8 Å². The van der Waals surface area contributed by atoms with E-state index in [-0.39, 0.29) is 16.7 Å². The maximum Gasteiger partial charge on any atom is 0.225 e. The fourth-order valence-electron chi connectivity index (χ4n) is 2.45. The van der Waals surface area contributed by atoms with E-state index >= 15 is 0 Å². The predicted molar refractivity (Wildman–Crippen MR) is 90.3 cm³/mol. The maximum atomic E-state index is 12.1. The van der Waals surface area contributed by atoms with E-state index in [0.717, 1.165) is 16.7 Å². The van der Waals surface area contributed by atoms with E-state index in [1.165, 1.54) is 5.56 Å². The number of carbonyl (C=O) groups is 1. The van der Waals surface area contributed by atoms with Gasteiger partial charge < -0.3 is 15.0 Å². The van der Waals surface area contributed by atoms with Crippen molar-refractivity contribution in [2.75, 3.05) is 13.7 Å². The molecule has 22 heavy (non-hydrogen) atoms. The maximum absolute atomic E-state index is 12.1. The number of nitrogens with one attached hydrogen (secondary N) is 2. The van der Waals surface area contributed by atoms with Crippen molar-refractivity contribution in [3.05, 3.63) is 30.0 Å². The highest BCUT2D eigenvalue weighted by atomic mass is 16.5. The van der Waals surface area contributed by atoms with Crippen LogP contribution in [0.15, 0.2) is 24.4 Å². The zero-order valence-electron chi connectivity index (χ0n) is 14.3. The minimum Gasteiger partial charge on any atom is -0.497 e. The first-order valence-electron chi connectivity index (χ1n) is 7.59. The Kier molecular flexibility index (Phi) is 4.23. The van der Waals surface area contributed by atoms with Crippen LogP contribution in [0.4, 0.5) is 0 Å². The van der Waals surface area contributed by atoms with Crippen LogP contribution in [-0.4, -0.2) is 24.5 Å². The van der Waals surface area contributed by atoms with Crippen molar-refractivity contribution >= 4 is 16.8 Å². The van der Waals surface area contributed by atoms with Gasteiger partial charge in [-0.3, -0.25) is 4.79 Å². The molecule has 2 aromatic rings. The van der Waals surface area contributed by atoms with E-state index in [1.54, 1.807) is 7.11 Å².